The molecule has 0 spiro atoms. The van der Waals surface area contributed by atoms with Crippen LogP contribution in [-0.4, -0.2) is 43.3 Å². The number of allylic oxidation sites excluding steroid dienone is 1. The molecule has 1 aliphatic rings. The number of rotatable bonds is 8. The molecule has 5 rings (SSSR count). The monoisotopic (exact) mass is 704 g/mol. The van der Waals surface area contributed by atoms with Gasteiger partial charge in [-0.05, 0) is 103 Å². The van der Waals surface area contributed by atoms with E-state index in [0.29, 0.717) is 28.2 Å². The Labute approximate surface area is 319 Å². The van der Waals surface area contributed by atoms with Crippen molar-refractivity contribution in [3.8, 4) is 0 Å². The molecular weight excluding hydrogens is 682 g/mol. The third kappa shape index (κ3) is 9.32. The molecule has 1 aliphatic carbocycles. The van der Waals surface area contributed by atoms with Gasteiger partial charge in [0.15, 0.2) is 0 Å². The average molecular weight is 705 g/mol. The number of ketones is 1. The fourth-order valence-corrected chi connectivity index (χ4v) is 5.48. The van der Waals surface area contributed by atoms with Gasteiger partial charge < -0.3 is 20.2 Å². The molecule has 4 N–H and O–H groups in total. The maximum atomic E-state index is 13.3. The number of aryl methyl sites for hydroxylation is 1. The first-order valence-electron chi connectivity index (χ1n) is 13.1. The van der Waals surface area contributed by atoms with Gasteiger partial charge in [0.25, 0.3) is 5.91 Å². The second kappa shape index (κ2) is 15.8. The van der Waals surface area contributed by atoms with Gasteiger partial charge in [0.05, 0.1) is 26.9 Å². The van der Waals surface area contributed by atoms with Crippen molar-refractivity contribution < 1.29 is 94.6 Å². The molecule has 4 aromatic rings. The van der Waals surface area contributed by atoms with Crippen LogP contribution in [0.5, 0.6) is 0 Å². The summed E-state index contributed by atoms with van der Waals surface area (Å²) in [5.74, 6) is -1.30. The third-order valence-electron chi connectivity index (χ3n) is 6.60. The summed E-state index contributed by atoms with van der Waals surface area (Å²) in [7, 11) is -9.83. The van der Waals surface area contributed by atoms with Crippen molar-refractivity contribution in [2.24, 2.45) is 15.3 Å². The summed E-state index contributed by atoms with van der Waals surface area (Å²) in [5, 5.41) is 14.6. The second-order valence-electron chi connectivity index (χ2n) is 9.89. The van der Waals surface area contributed by atoms with E-state index in [0.717, 1.165) is 18.2 Å². The predicted molar refractivity (Wildman–Crippen MR) is 168 cm³/mol. The van der Waals surface area contributed by atoms with Crippen molar-refractivity contribution in [2.45, 2.75) is 11.8 Å². The predicted octanol–water partition coefficient (Wildman–Crippen LogP) is -1.29. The smallest absolute Gasteiger partial charge is 0.744 e. The van der Waals surface area contributed by atoms with Crippen LogP contribution in [0, 0.1) is 6.92 Å². The quantitative estimate of drug-likeness (QED) is 0.0645. The molecule has 14 nitrogen and oxygen atoms in total. The molecule has 0 aliphatic heterocycles. The van der Waals surface area contributed by atoms with Gasteiger partial charge in [-0.25, -0.2) is 16.8 Å². The number of hydrogen-bond donors (Lipinski definition) is 3. The summed E-state index contributed by atoms with van der Waals surface area (Å²) in [4.78, 5) is 24.6. The van der Waals surface area contributed by atoms with E-state index in [-0.39, 0.29) is 81.6 Å². The zero-order valence-electron chi connectivity index (χ0n) is 25.7. The molecule has 0 heterocycles. The molecular formula is C30H22N6Na2O8S2. The van der Waals surface area contributed by atoms with Crippen molar-refractivity contribution in [2.75, 3.05) is 16.5 Å². The first kappa shape index (κ1) is 38.9. The van der Waals surface area contributed by atoms with Crippen LogP contribution in [-0.2, 0) is 20.2 Å². The number of fused-ring (bicyclic) bond motifs is 1. The molecule has 0 saturated heterocycles. The zero-order chi connectivity index (χ0) is 33.2. The van der Waals surface area contributed by atoms with Gasteiger partial charge in [0, 0.05) is 22.5 Å². The molecule has 1 amide bonds. The number of nitrogens with one attached hydrogen (secondary N) is 2. The Bertz CT molecular complexity index is 2220. The molecule has 48 heavy (non-hydrogen) atoms. The number of carbonyl (C=O) groups is 2. The minimum Gasteiger partial charge on any atom is -0.744 e. The molecule has 0 atom stereocenters. The van der Waals surface area contributed by atoms with Gasteiger partial charge in [-0.3, -0.25) is 15.0 Å². The Morgan fingerprint density at radius 1 is 0.812 bits per heavy atom. The number of azo groups is 1. The number of anilines is 3. The minimum absolute atomic E-state index is 0. The molecule has 4 aromatic carbocycles. The van der Waals surface area contributed by atoms with Gasteiger partial charge in [0.1, 0.15) is 25.9 Å². The van der Waals surface area contributed by atoms with Crippen LogP contribution in [0.1, 0.15) is 31.8 Å². The summed E-state index contributed by atoms with van der Waals surface area (Å²) in [6.45, 7) is 1.67. The van der Waals surface area contributed by atoms with E-state index in [9.17, 15) is 35.5 Å². The summed E-state index contributed by atoms with van der Waals surface area (Å²) < 4.78 is 70.2. The van der Waals surface area contributed by atoms with E-state index in [1.54, 1.807) is 25.1 Å². The Morgan fingerprint density at radius 3 is 2.15 bits per heavy atom. The number of hydrazone groups is 1. The maximum absolute atomic E-state index is 13.3. The van der Waals surface area contributed by atoms with Crippen LogP contribution in [0.25, 0.3) is 6.08 Å². The molecule has 0 unspecified atom stereocenters. The van der Waals surface area contributed by atoms with Crippen LogP contribution >= 0.6 is 0 Å². The second-order valence-corrected chi connectivity index (χ2v) is 12.6. The largest absolute Gasteiger partial charge is 1.00 e. The van der Waals surface area contributed by atoms with E-state index in [1.165, 1.54) is 54.6 Å². The first-order chi connectivity index (χ1) is 21.7. The summed E-state index contributed by atoms with van der Waals surface area (Å²) in [6, 6.07) is 20.0. The van der Waals surface area contributed by atoms with Crippen molar-refractivity contribution in [3.05, 3.63) is 112 Å². The van der Waals surface area contributed by atoms with Gasteiger partial charge in [-0.2, -0.15) is 15.3 Å². The van der Waals surface area contributed by atoms with Crippen LogP contribution < -0.4 is 75.6 Å². The van der Waals surface area contributed by atoms with Crippen molar-refractivity contribution in [1.82, 2.24) is 0 Å². The zero-order valence-corrected chi connectivity index (χ0v) is 31.3. The molecule has 18 heteroatoms. The number of nitrogen functional groups attached to an aromatic ring is 1. The van der Waals surface area contributed by atoms with E-state index < -0.39 is 47.4 Å². The summed E-state index contributed by atoms with van der Waals surface area (Å²) >= 11 is 0. The number of carbonyl (C=O) groups excluding carboxylic acids is 2. The number of benzene rings is 4. The molecule has 0 fully saturated rings. The van der Waals surface area contributed by atoms with E-state index >= 15 is 0 Å². The van der Waals surface area contributed by atoms with E-state index in [4.69, 9.17) is 5.73 Å². The average Bonchev–Trinajstić information content (AvgIpc) is 2.99. The molecule has 0 radical (unpaired) electrons. The van der Waals surface area contributed by atoms with Gasteiger partial charge >= 0.3 is 59.1 Å². The Balaban J connectivity index is 0.00000312. The maximum Gasteiger partial charge on any atom is 1.00 e. The molecule has 0 aromatic heterocycles. The van der Waals surface area contributed by atoms with E-state index in [1.807, 2.05) is 0 Å². The number of amides is 1. The fraction of sp³-hybridized carbons (Fsp3) is 0.0333. The Morgan fingerprint density at radius 2 is 1.50 bits per heavy atom. The Kier molecular flexibility index (Phi) is 12.8. The topological polar surface area (TPSA) is 236 Å². The van der Waals surface area contributed by atoms with Crippen molar-refractivity contribution >= 4 is 72.2 Å². The van der Waals surface area contributed by atoms with Gasteiger partial charge in [0.2, 0.25) is 5.78 Å². The van der Waals surface area contributed by atoms with Gasteiger partial charge in [-0.1, -0.05) is 6.07 Å². The first-order valence-corrected chi connectivity index (χ1v) is 16.0. The van der Waals surface area contributed by atoms with Crippen LogP contribution in [0.2, 0.25) is 0 Å². The Hall–Kier alpha value is -3.55. The van der Waals surface area contributed by atoms with E-state index in [2.05, 4.69) is 26.1 Å². The third-order valence-corrected chi connectivity index (χ3v) is 8.29. The van der Waals surface area contributed by atoms with Crippen LogP contribution in [0.15, 0.2) is 110 Å². The molecule has 234 valence electrons. The van der Waals surface area contributed by atoms with Crippen LogP contribution in [0.4, 0.5) is 28.4 Å². The van der Waals surface area contributed by atoms with Crippen molar-refractivity contribution in [3.63, 3.8) is 0 Å². The minimum atomic E-state index is -5.16. The normalized spacial score (nSPS) is 13.6. The summed E-state index contributed by atoms with van der Waals surface area (Å²) in [6.07, 6.45) is 1.01. The number of hydrogen-bond acceptors (Lipinski definition) is 13. The molecule has 0 bridgehead atoms. The number of nitrogens with zero attached hydrogens (tertiary/aromatic N) is 3. The fourth-order valence-electron chi connectivity index (χ4n) is 4.32. The van der Waals surface area contributed by atoms with Crippen LogP contribution in [0.3, 0.4) is 0 Å². The number of Topliss-reactive ketones (excluding diaryl/α,β-unsaturated/α-hetero) is 1. The molecule has 0 saturated carbocycles. The van der Waals surface area contributed by atoms with Gasteiger partial charge in [-0.15, -0.1) is 0 Å². The SMILES string of the molecule is Cc1cc(NN=C2C(=O)c3ccc(NC(=O)c4ccc(N)cc4)cc3C=C2S(=O)(=O)[O-])ccc1N=Nc1cccc(S(=O)(=O)[O-])c1.[Na+].[Na+]. The standard InChI is InChI=1S/C30H24N6O8S2.2Na/c1-17-13-23(10-12-26(17)35-33-22-3-2-4-24(16-22)45(39,40)41)34-36-28-27(46(42,43)44)15-19-14-21(9-11-25(19)29(28)37)32-30(38)18-5-7-20(31)8-6-18;;/h2-16,34H,31H2,1H3,(H,32,38)(H,39,40,41)(H,42,43,44);;/q;2*+1/p-2. The summed E-state index contributed by atoms with van der Waals surface area (Å²) in [5.41, 5.74) is 10.2. The van der Waals surface area contributed by atoms with Crippen molar-refractivity contribution in [1.29, 1.82) is 0 Å². The number of nitrogens with two attached hydrogens (primary N) is 1.